The number of ether oxygens (including phenoxy) is 1. The highest BCUT2D eigenvalue weighted by Crippen LogP contribution is 2.17. The molecule has 1 rings (SSSR count). The summed E-state index contributed by atoms with van der Waals surface area (Å²) < 4.78 is 5.27. The lowest BCUT2D eigenvalue weighted by Crippen LogP contribution is -2.39. The quantitative estimate of drug-likeness (QED) is 0.709. The number of methoxy groups -OCH3 is 1. The molecule has 0 bridgehead atoms. The molecule has 0 amide bonds. The van der Waals surface area contributed by atoms with E-state index < -0.39 is 5.60 Å². The molecule has 2 unspecified atom stereocenters. The van der Waals surface area contributed by atoms with Crippen LogP contribution in [0.1, 0.15) is 26.7 Å². The summed E-state index contributed by atoms with van der Waals surface area (Å²) in [4.78, 5) is 2.28. The first kappa shape index (κ1) is 11.0. The lowest BCUT2D eigenvalue weighted by atomic mass is 10.0. The van der Waals surface area contributed by atoms with E-state index in [0.29, 0.717) is 6.10 Å². The summed E-state index contributed by atoms with van der Waals surface area (Å²) in [5, 5.41) is 9.86. The molecule has 0 aromatic heterocycles. The van der Waals surface area contributed by atoms with Crippen molar-refractivity contribution in [1.29, 1.82) is 0 Å². The molecular formula is C10H21NO2. The van der Waals surface area contributed by atoms with Gasteiger partial charge in [-0.1, -0.05) is 6.92 Å². The van der Waals surface area contributed by atoms with Gasteiger partial charge in [0.2, 0.25) is 0 Å². The second kappa shape index (κ2) is 4.40. The minimum Gasteiger partial charge on any atom is -0.389 e. The molecule has 2 atom stereocenters. The van der Waals surface area contributed by atoms with Gasteiger partial charge < -0.3 is 9.84 Å². The average Bonchev–Trinajstić information content (AvgIpc) is 2.52. The van der Waals surface area contributed by atoms with Gasteiger partial charge in [0.05, 0.1) is 11.7 Å². The van der Waals surface area contributed by atoms with Gasteiger partial charge in [0.1, 0.15) is 0 Å². The summed E-state index contributed by atoms with van der Waals surface area (Å²) in [5.41, 5.74) is -0.539. The van der Waals surface area contributed by atoms with Crippen molar-refractivity contribution in [3.05, 3.63) is 0 Å². The fourth-order valence-electron chi connectivity index (χ4n) is 1.73. The van der Waals surface area contributed by atoms with Gasteiger partial charge in [-0.3, -0.25) is 4.90 Å². The molecule has 1 fully saturated rings. The topological polar surface area (TPSA) is 32.7 Å². The van der Waals surface area contributed by atoms with Crippen LogP contribution in [0.4, 0.5) is 0 Å². The molecule has 0 spiro atoms. The van der Waals surface area contributed by atoms with E-state index in [0.717, 1.165) is 32.5 Å². The van der Waals surface area contributed by atoms with E-state index in [9.17, 15) is 5.11 Å². The Balaban J connectivity index is 2.31. The Morgan fingerprint density at radius 2 is 2.31 bits per heavy atom. The van der Waals surface area contributed by atoms with Gasteiger partial charge in [-0.25, -0.2) is 0 Å². The van der Waals surface area contributed by atoms with Crippen LogP contribution in [0.2, 0.25) is 0 Å². The molecule has 3 heteroatoms. The number of hydrogen-bond donors (Lipinski definition) is 1. The number of hydrogen-bond acceptors (Lipinski definition) is 3. The highest BCUT2D eigenvalue weighted by Gasteiger charge is 2.27. The van der Waals surface area contributed by atoms with Crippen molar-refractivity contribution in [2.24, 2.45) is 0 Å². The van der Waals surface area contributed by atoms with Crippen LogP contribution in [0.25, 0.3) is 0 Å². The Labute approximate surface area is 80.7 Å². The zero-order valence-electron chi connectivity index (χ0n) is 8.92. The van der Waals surface area contributed by atoms with Gasteiger partial charge in [-0.05, 0) is 19.8 Å². The molecule has 1 N–H and O–H groups in total. The number of aliphatic hydroxyl groups is 1. The highest BCUT2D eigenvalue weighted by molar-refractivity contribution is 4.82. The first-order valence-electron chi connectivity index (χ1n) is 5.05. The van der Waals surface area contributed by atoms with Crippen LogP contribution in [-0.2, 0) is 4.74 Å². The summed E-state index contributed by atoms with van der Waals surface area (Å²) >= 11 is 0. The minimum atomic E-state index is -0.539. The standard InChI is InChI=1S/C10H21NO2/c1-4-10(2,12)8-11-6-5-9(7-11)13-3/h9,12H,4-8H2,1-3H3. The molecular weight excluding hydrogens is 166 g/mol. The van der Waals surface area contributed by atoms with Gasteiger partial charge >= 0.3 is 0 Å². The molecule has 0 aromatic carbocycles. The van der Waals surface area contributed by atoms with Crippen LogP contribution in [0.3, 0.4) is 0 Å². The summed E-state index contributed by atoms with van der Waals surface area (Å²) in [6.07, 6.45) is 2.27. The van der Waals surface area contributed by atoms with E-state index in [1.165, 1.54) is 0 Å². The van der Waals surface area contributed by atoms with Crippen molar-refractivity contribution < 1.29 is 9.84 Å². The number of nitrogens with zero attached hydrogens (tertiary/aromatic N) is 1. The minimum absolute atomic E-state index is 0.368. The second-order valence-corrected chi connectivity index (χ2v) is 4.23. The summed E-state index contributed by atoms with van der Waals surface area (Å²) in [5.74, 6) is 0. The van der Waals surface area contributed by atoms with E-state index in [-0.39, 0.29) is 0 Å². The molecule has 1 saturated heterocycles. The summed E-state index contributed by atoms with van der Waals surface area (Å²) in [7, 11) is 1.76. The van der Waals surface area contributed by atoms with Crippen LogP contribution in [0.5, 0.6) is 0 Å². The Morgan fingerprint density at radius 1 is 1.62 bits per heavy atom. The molecule has 1 aliphatic rings. The summed E-state index contributed by atoms with van der Waals surface area (Å²) in [6, 6.07) is 0. The highest BCUT2D eigenvalue weighted by atomic mass is 16.5. The third-order valence-electron chi connectivity index (χ3n) is 2.89. The van der Waals surface area contributed by atoms with Crippen molar-refractivity contribution in [3.63, 3.8) is 0 Å². The molecule has 13 heavy (non-hydrogen) atoms. The Morgan fingerprint density at radius 3 is 2.77 bits per heavy atom. The molecule has 3 nitrogen and oxygen atoms in total. The van der Waals surface area contributed by atoms with Crippen LogP contribution >= 0.6 is 0 Å². The zero-order chi connectivity index (χ0) is 9.90. The molecule has 0 aromatic rings. The smallest absolute Gasteiger partial charge is 0.0743 e. The lowest BCUT2D eigenvalue weighted by molar-refractivity contribution is 0.0175. The lowest BCUT2D eigenvalue weighted by Gasteiger charge is -2.27. The van der Waals surface area contributed by atoms with E-state index in [1.807, 2.05) is 13.8 Å². The summed E-state index contributed by atoms with van der Waals surface area (Å²) in [6.45, 7) is 6.70. The van der Waals surface area contributed by atoms with Crippen LogP contribution in [0.15, 0.2) is 0 Å². The molecule has 78 valence electrons. The van der Waals surface area contributed by atoms with Crippen molar-refractivity contribution in [2.75, 3.05) is 26.7 Å². The second-order valence-electron chi connectivity index (χ2n) is 4.23. The van der Waals surface area contributed by atoms with Crippen molar-refractivity contribution in [3.8, 4) is 0 Å². The van der Waals surface area contributed by atoms with Gasteiger partial charge in [-0.2, -0.15) is 0 Å². The normalized spacial score (nSPS) is 29.1. The van der Waals surface area contributed by atoms with E-state index in [2.05, 4.69) is 4.90 Å². The molecule has 0 radical (unpaired) electrons. The molecule has 1 heterocycles. The SMILES string of the molecule is CCC(C)(O)CN1CCC(OC)C1. The molecule has 0 saturated carbocycles. The number of rotatable bonds is 4. The first-order valence-corrected chi connectivity index (χ1v) is 5.05. The Bertz CT molecular complexity index is 159. The fraction of sp³-hybridized carbons (Fsp3) is 1.00. The maximum Gasteiger partial charge on any atom is 0.0743 e. The predicted octanol–water partition coefficient (Wildman–Crippen LogP) is 0.868. The van der Waals surface area contributed by atoms with Crippen molar-refractivity contribution in [2.45, 2.75) is 38.4 Å². The van der Waals surface area contributed by atoms with Gasteiger partial charge in [0.15, 0.2) is 0 Å². The van der Waals surface area contributed by atoms with Crippen LogP contribution in [-0.4, -0.2) is 48.5 Å². The Hall–Kier alpha value is -0.120. The van der Waals surface area contributed by atoms with Crippen molar-refractivity contribution >= 4 is 0 Å². The first-order chi connectivity index (χ1) is 6.07. The van der Waals surface area contributed by atoms with E-state index in [4.69, 9.17) is 4.74 Å². The van der Waals surface area contributed by atoms with E-state index in [1.54, 1.807) is 7.11 Å². The van der Waals surface area contributed by atoms with Crippen LogP contribution in [0, 0.1) is 0 Å². The van der Waals surface area contributed by atoms with Crippen LogP contribution < -0.4 is 0 Å². The third kappa shape index (κ3) is 3.25. The predicted molar refractivity (Wildman–Crippen MR) is 52.8 cm³/mol. The van der Waals surface area contributed by atoms with Gasteiger partial charge in [-0.15, -0.1) is 0 Å². The Kier molecular flexibility index (Phi) is 3.71. The van der Waals surface area contributed by atoms with E-state index >= 15 is 0 Å². The van der Waals surface area contributed by atoms with Crippen molar-refractivity contribution in [1.82, 2.24) is 4.90 Å². The average molecular weight is 187 g/mol. The molecule has 0 aliphatic carbocycles. The number of likely N-dealkylation sites (tertiary alicyclic amines) is 1. The van der Waals surface area contributed by atoms with Gasteiger partial charge in [0.25, 0.3) is 0 Å². The maximum atomic E-state index is 9.86. The third-order valence-corrected chi connectivity index (χ3v) is 2.89. The van der Waals surface area contributed by atoms with Gasteiger partial charge in [0, 0.05) is 26.7 Å². The fourth-order valence-corrected chi connectivity index (χ4v) is 1.73. The maximum absolute atomic E-state index is 9.86. The molecule has 1 aliphatic heterocycles. The number of β-amino-alcohol motifs (C(OH)–C–C–N with tert-alkyl or cyclic N) is 1. The largest absolute Gasteiger partial charge is 0.389 e. The zero-order valence-corrected chi connectivity index (χ0v) is 8.92. The monoisotopic (exact) mass is 187 g/mol.